The number of rotatable bonds is 2. The molecule has 0 radical (unpaired) electrons. The fourth-order valence-electron chi connectivity index (χ4n) is 4.13. The average molecular weight is 330 g/mol. The third-order valence-electron chi connectivity index (χ3n) is 5.11. The van der Waals surface area contributed by atoms with Gasteiger partial charge in [0.15, 0.2) is 0 Å². The van der Waals surface area contributed by atoms with Gasteiger partial charge in [0, 0.05) is 19.6 Å². The maximum Gasteiger partial charge on any atom is 0.258 e. The molecule has 2 aliphatic rings. The molecule has 0 spiro atoms. The Bertz CT molecular complexity index is 621. The molecule has 2 amide bonds. The number of amides is 2. The summed E-state index contributed by atoms with van der Waals surface area (Å²) in [4.78, 5) is 29.4. The summed E-state index contributed by atoms with van der Waals surface area (Å²) in [7, 11) is 0. The summed E-state index contributed by atoms with van der Waals surface area (Å²) in [5.74, 6) is 0.792. The Balaban J connectivity index is 1.77. The third kappa shape index (κ3) is 3.25. The Labute approximate surface area is 143 Å². The monoisotopic (exact) mass is 330 g/mol. The van der Waals surface area contributed by atoms with Crippen LogP contribution in [0.4, 0.5) is 0 Å². The lowest BCUT2D eigenvalue weighted by Gasteiger charge is -2.38. The van der Waals surface area contributed by atoms with Crippen LogP contribution in [0.2, 0.25) is 0 Å². The van der Waals surface area contributed by atoms with Crippen molar-refractivity contribution in [1.82, 2.24) is 9.80 Å². The zero-order valence-corrected chi connectivity index (χ0v) is 14.4. The van der Waals surface area contributed by atoms with E-state index in [4.69, 9.17) is 0 Å². The Kier molecular flexibility index (Phi) is 4.78. The number of piperidine rings is 1. The molecule has 2 aliphatic heterocycles. The van der Waals surface area contributed by atoms with Crippen molar-refractivity contribution in [2.75, 3.05) is 19.6 Å². The summed E-state index contributed by atoms with van der Waals surface area (Å²) in [5.41, 5.74) is 0.276. The summed E-state index contributed by atoms with van der Waals surface area (Å²) >= 11 is 0. The number of para-hydroxylation sites is 1. The molecule has 2 heterocycles. The van der Waals surface area contributed by atoms with E-state index in [9.17, 15) is 14.7 Å². The van der Waals surface area contributed by atoms with Gasteiger partial charge < -0.3 is 14.9 Å². The number of benzene rings is 1. The predicted molar refractivity (Wildman–Crippen MR) is 91.7 cm³/mol. The number of likely N-dealkylation sites (tertiary alicyclic amines) is 2. The third-order valence-corrected chi connectivity index (χ3v) is 5.11. The zero-order chi connectivity index (χ0) is 17.3. The Morgan fingerprint density at radius 2 is 1.79 bits per heavy atom. The van der Waals surface area contributed by atoms with Crippen molar-refractivity contribution in [2.24, 2.45) is 11.8 Å². The average Bonchev–Trinajstić information content (AvgIpc) is 3.02. The van der Waals surface area contributed by atoms with Crippen LogP contribution < -0.4 is 0 Å². The van der Waals surface area contributed by atoms with Crippen molar-refractivity contribution in [3.05, 3.63) is 29.8 Å². The summed E-state index contributed by atoms with van der Waals surface area (Å²) in [6.07, 6.45) is 2.68. The maximum atomic E-state index is 13.0. The smallest absolute Gasteiger partial charge is 0.258 e. The topological polar surface area (TPSA) is 60.9 Å². The number of carbonyl (C=O) groups excluding carboxylic acids is 2. The molecule has 1 N–H and O–H groups in total. The van der Waals surface area contributed by atoms with E-state index in [1.54, 1.807) is 23.1 Å². The second-order valence-electron chi connectivity index (χ2n) is 7.36. The van der Waals surface area contributed by atoms with Gasteiger partial charge in [-0.05, 0) is 43.2 Å². The molecule has 5 heteroatoms. The second-order valence-corrected chi connectivity index (χ2v) is 7.36. The van der Waals surface area contributed by atoms with Crippen LogP contribution in [-0.2, 0) is 4.79 Å². The molecular weight excluding hydrogens is 304 g/mol. The van der Waals surface area contributed by atoms with Gasteiger partial charge in [0.1, 0.15) is 11.8 Å². The zero-order valence-electron chi connectivity index (χ0n) is 14.4. The molecule has 2 fully saturated rings. The van der Waals surface area contributed by atoms with Gasteiger partial charge in [-0.2, -0.15) is 0 Å². The second kappa shape index (κ2) is 6.83. The molecule has 2 saturated heterocycles. The molecule has 3 rings (SSSR count). The highest BCUT2D eigenvalue weighted by atomic mass is 16.3. The highest BCUT2D eigenvalue weighted by molar-refractivity contribution is 5.99. The van der Waals surface area contributed by atoms with Gasteiger partial charge in [-0.1, -0.05) is 26.0 Å². The van der Waals surface area contributed by atoms with Gasteiger partial charge in [-0.15, -0.1) is 0 Å². The molecule has 0 aliphatic carbocycles. The van der Waals surface area contributed by atoms with Gasteiger partial charge >= 0.3 is 0 Å². The summed E-state index contributed by atoms with van der Waals surface area (Å²) in [6.45, 7) is 6.48. The summed E-state index contributed by atoms with van der Waals surface area (Å²) in [6, 6.07) is 6.15. The minimum Gasteiger partial charge on any atom is -0.507 e. The normalized spacial score (nSPS) is 27.3. The van der Waals surface area contributed by atoms with E-state index in [2.05, 4.69) is 13.8 Å². The van der Waals surface area contributed by atoms with E-state index < -0.39 is 6.04 Å². The minimum atomic E-state index is -0.394. The molecule has 3 atom stereocenters. The molecule has 24 heavy (non-hydrogen) atoms. The van der Waals surface area contributed by atoms with Crippen LogP contribution in [0.1, 0.15) is 43.5 Å². The number of aromatic hydroxyl groups is 1. The van der Waals surface area contributed by atoms with Crippen LogP contribution in [0.3, 0.4) is 0 Å². The van der Waals surface area contributed by atoms with Crippen LogP contribution in [0.15, 0.2) is 24.3 Å². The maximum absolute atomic E-state index is 13.0. The van der Waals surface area contributed by atoms with E-state index in [1.807, 2.05) is 4.90 Å². The number of phenols is 1. The van der Waals surface area contributed by atoms with Crippen molar-refractivity contribution in [2.45, 2.75) is 39.2 Å². The molecule has 1 aromatic rings. The van der Waals surface area contributed by atoms with E-state index >= 15 is 0 Å². The SMILES string of the molecule is C[C@@H]1C[C@H](C)CN(C(=O)[C@H]2CCCN2C(=O)c2ccccc2O)C1. The summed E-state index contributed by atoms with van der Waals surface area (Å²) < 4.78 is 0. The minimum absolute atomic E-state index is 0.0270. The number of phenolic OH excluding ortho intramolecular Hbond substituents is 1. The largest absolute Gasteiger partial charge is 0.507 e. The fourth-order valence-corrected chi connectivity index (χ4v) is 4.13. The van der Waals surface area contributed by atoms with Gasteiger partial charge in [0.25, 0.3) is 5.91 Å². The number of carbonyl (C=O) groups is 2. The highest BCUT2D eigenvalue weighted by Crippen LogP contribution is 2.28. The van der Waals surface area contributed by atoms with Crippen LogP contribution in [0.5, 0.6) is 5.75 Å². The van der Waals surface area contributed by atoms with Crippen molar-refractivity contribution in [1.29, 1.82) is 0 Å². The first-order valence-electron chi connectivity index (χ1n) is 8.85. The van der Waals surface area contributed by atoms with Crippen molar-refractivity contribution < 1.29 is 14.7 Å². The lowest BCUT2D eigenvalue weighted by molar-refractivity contribution is -0.138. The Hall–Kier alpha value is -2.04. The van der Waals surface area contributed by atoms with Crippen molar-refractivity contribution in [3.63, 3.8) is 0 Å². The fraction of sp³-hybridized carbons (Fsp3) is 0.579. The summed E-state index contributed by atoms with van der Waals surface area (Å²) in [5, 5.41) is 9.94. The molecule has 0 saturated carbocycles. The molecule has 5 nitrogen and oxygen atoms in total. The van der Waals surface area contributed by atoms with Crippen LogP contribution in [0, 0.1) is 11.8 Å². The Morgan fingerprint density at radius 3 is 2.46 bits per heavy atom. The molecule has 0 unspecified atom stereocenters. The van der Waals surface area contributed by atoms with Gasteiger partial charge in [-0.25, -0.2) is 0 Å². The molecule has 0 aromatic heterocycles. The highest BCUT2D eigenvalue weighted by Gasteiger charge is 2.39. The van der Waals surface area contributed by atoms with Crippen LogP contribution >= 0.6 is 0 Å². The van der Waals surface area contributed by atoms with Crippen molar-refractivity contribution in [3.8, 4) is 5.75 Å². The standard InChI is InChI=1S/C19H26N2O3/c1-13-10-14(2)12-20(11-13)19(24)16-7-5-9-21(16)18(23)15-6-3-4-8-17(15)22/h3-4,6,8,13-14,16,22H,5,7,9-12H2,1-2H3/t13-,14+,16-/m1/s1. The van der Waals surface area contributed by atoms with E-state index in [0.717, 1.165) is 25.9 Å². The first-order chi connectivity index (χ1) is 11.5. The van der Waals surface area contributed by atoms with Crippen molar-refractivity contribution >= 4 is 11.8 Å². The Morgan fingerprint density at radius 1 is 1.12 bits per heavy atom. The van der Waals surface area contributed by atoms with E-state index in [1.165, 1.54) is 6.07 Å². The van der Waals surface area contributed by atoms with Crippen LogP contribution in [-0.4, -0.2) is 52.4 Å². The molecular formula is C19H26N2O3. The molecule has 1 aromatic carbocycles. The first-order valence-corrected chi connectivity index (χ1v) is 8.85. The lowest BCUT2D eigenvalue weighted by Crippen LogP contribution is -2.51. The van der Waals surface area contributed by atoms with E-state index in [-0.39, 0.29) is 23.1 Å². The number of nitrogens with zero attached hydrogens (tertiary/aromatic N) is 2. The first kappa shape index (κ1) is 16.8. The number of hydrogen-bond donors (Lipinski definition) is 1. The van der Waals surface area contributed by atoms with Crippen LogP contribution in [0.25, 0.3) is 0 Å². The van der Waals surface area contributed by atoms with Gasteiger partial charge in [-0.3, -0.25) is 9.59 Å². The van der Waals surface area contributed by atoms with Gasteiger partial charge in [0.05, 0.1) is 5.56 Å². The molecule has 130 valence electrons. The lowest BCUT2D eigenvalue weighted by atomic mass is 9.91. The predicted octanol–water partition coefficient (Wildman–Crippen LogP) is 2.50. The van der Waals surface area contributed by atoms with Gasteiger partial charge in [0.2, 0.25) is 5.91 Å². The van der Waals surface area contributed by atoms with E-state index in [0.29, 0.717) is 24.8 Å². The molecule has 0 bridgehead atoms. The number of hydrogen-bond acceptors (Lipinski definition) is 3. The quantitative estimate of drug-likeness (QED) is 0.906.